The summed E-state index contributed by atoms with van der Waals surface area (Å²) in [4.78, 5) is 26.2. The summed E-state index contributed by atoms with van der Waals surface area (Å²) in [5.41, 5.74) is 4.53. The number of carbonyl (C=O) groups excluding carboxylic acids is 1. The van der Waals surface area contributed by atoms with Crippen LogP contribution >= 0.6 is 0 Å². The fourth-order valence-electron chi connectivity index (χ4n) is 21.5. The Morgan fingerprint density at radius 1 is 0.532 bits per heavy atom. The van der Waals surface area contributed by atoms with Crippen molar-refractivity contribution in [3.63, 3.8) is 0 Å². The van der Waals surface area contributed by atoms with Crippen molar-refractivity contribution < 1.29 is 24.2 Å². The zero-order valence-corrected chi connectivity index (χ0v) is 50.9. The molecular formula is C72H112N2O5. The highest BCUT2D eigenvalue weighted by Gasteiger charge is 2.62. The largest absolute Gasteiger partial charge is 0.481 e. The maximum absolute atomic E-state index is 12.9. The van der Waals surface area contributed by atoms with Crippen molar-refractivity contribution >= 4 is 11.9 Å². The van der Waals surface area contributed by atoms with Crippen LogP contribution in [0.15, 0.2) is 60.7 Å². The third-order valence-electron chi connectivity index (χ3n) is 26.0. The Balaban J connectivity index is 0.000000162. The minimum atomic E-state index is -0.634. The van der Waals surface area contributed by atoms with Crippen molar-refractivity contribution in [3.05, 3.63) is 71.8 Å². The summed E-state index contributed by atoms with van der Waals surface area (Å²) in [6.45, 7) is 21.4. The van der Waals surface area contributed by atoms with Gasteiger partial charge in [0.1, 0.15) is 0 Å². The van der Waals surface area contributed by atoms with Crippen LogP contribution in [0.3, 0.4) is 0 Å². The van der Waals surface area contributed by atoms with Crippen LogP contribution in [0.4, 0.5) is 0 Å². The van der Waals surface area contributed by atoms with Gasteiger partial charge in [-0.05, 0) is 277 Å². The van der Waals surface area contributed by atoms with Gasteiger partial charge in [-0.3, -0.25) is 9.59 Å². The van der Waals surface area contributed by atoms with Crippen LogP contribution in [0.25, 0.3) is 0 Å². The smallest absolute Gasteiger partial charge is 0.303 e. The van der Waals surface area contributed by atoms with Crippen molar-refractivity contribution in [2.24, 2.45) is 92.7 Å². The van der Waals surface area contributed by atoms with Crippen LogP contribution in [0.5, 0.6) is 0 Å². The number of benzene rings is 2. The molecule has 0 spiro atoms. The lowest BCUT2D eigenvalue weighted by atomic mass is 9.44. The van der Waals surface area contributed by atoms with Gasteiger partial charge in [0.05, 0.1) is 25.4 Å². The van der Waals surface area contributed by atoms with E-state index in [-0.39, 0.29) is 0 Å². The number of piperidine rings is 2. The van der Waals surface area contributed by atoms with Crippen LogP contribution in [0.2, 0.25) is 0 Å². The van der Waals surface area contributed by atoms with Crippen molar-refractivity contribution in [1.29, 1.82) is 0 Å². The summed E-state index contributed by atoms with van der Waals surface area (Å²) < 4.78 is 12.9. The molecule has 12 rings (SSSR count). The molecule has 8 aliphatic carbocycles. The molecule has 440 valence electrons. The molecule has 2 aliphatic heterocycles. The maximum Gasteiger partial charge on any atom is 0.303 e. The fourth-order valence-corrected chi connectivity index (χ4v) is 21.5. The molecule has 0 radical (unpaired) electrons. The number of amides is 1. The molecule has 79 heavy (non-hydrogen) atoms. The van der Waals surface area contributed by atoms with Crippen LogP contribution in [-0.2, 0) is 32.3 Å². The number of hydrogen-bond acceptors (Lipinski definition) is 5. The predicted octanol–water partition coefficient (Wildman–Crippen LogP) is 17.2. The Bertz CT molecular complexity index is 2220. The number of hydrogen-bond donors (Lipinski definition) is 2. The van der Waals surface area contributed by atoms with Gasteiger partial charge >= 0.3 is 5.97 Å². The maximum atomic E-state index is 12.9. The van der Waals surface area contributed by atoms with E-state index in [2.05, 4.69) is 112 Å². The van der Waals surface area contributed by atoms with E-state index in [1.54, 1.807) is 0 Å². The average Bonchev–Trinajstić information content (AvgIpc) is 4.22. The quantitative estimate of drug-likeness (QED) is 0.196. The summed E-state index contributed by atoms with van der Waals surface area (Å²) in [6, 6.07) is 21.4. The molecule has 2 aromatic carbocycles. The highest BCUT2D eigenvalue weighted by Crippen LogP contribution is 2.70. The average molecular weight is 1090 g/mol. The Labute approximate surface area is 481 Å². The van der Waals surface area contributed by atoms with Crippen molar-refractivity contribution in [3.8, 4) is 0 Å². The topological polar surface area (TPSA) is 88.1 Å². The fraction of sp³-hybridized carbons (Fsp3) is 0.806. The zero-order chi connectivity index (χ0) is 55.2. The number of nitrogens with zero attached hydrogens (tertiary/aromatic N) is 1. The second kappa shape index (κ2) is 26.5. The lowest BCUT2D eigenvalue weighted by molar-refractivity contribution is -0.140. The van der Waals surface area contributed by atoms with Gasteiger partial charge in [-0.15, -0.1) is 0 Å². The second-order valence-electron chi connectivity index (χ2n) is 29.8. The number of aliphatic carboxylic acids is 1. The lowest BCUT2D eigenvalue weighted by Crippen LogP contribution is -2.54. The molecule has 2 heterocycles. The number of likely N-dealkylation sites (tertiary alicyclic amines) is 1. The van der Waals surface area contributed by atoms with Gasteiger partial charge in [0.15, 0.2) is 0 Å². The number of carboxylic acids is 1. The summed E-state index contributed by atoms with van der Waals surface area (Å²) in [5.74, 6) is 9.57. The first-order valence-electron chi connectivity index (χ1n) is 33.7. The minimum Gasteiger partial charge on any atom is -0.481 e. The number of rotatable bonds is 14. The Kier molecular flexibility index (Phi) is 19.9. The number of ether oxygens (including phenoxy) is 2. The number of nitrogens with one attached hydrogen (secondary N) is 1. The highest BCUT2D eigenvalue weighted by atomic mass is 16.5. The monoisotopic (exact) mass is 1080 g/mol. The zero-order valence-electron chi connectivity index (χ0n) is 50.9. The van der Waals surface area contributed by atoms with Crippen molar-refractivity contribution in [2.45, 2.75) is 247 Å². The summed E-state index contributed by atoms with van der Waals surface area (Å²) in [5, 5.41) is 12.5. The SMILES string of the molecule is C1CCNCC1.C[C@H](CCC(=O)N1CCCCC1)[C@H]1CC[C@H]2[C@@H]3CC[C@@H]4C[C@H](OCc5ccccc5)CC[C@]4(C)[C@H]3CC[C@]12C.C[C@H](CCC(=O)O)[C@H]1CC[C@H]2[C@@H]3CC[C@@H]4C[C@H](OCc5ccccc5)CC[C@]4(C)[C@H]3CC[C@]12C. The Hall–Kier alpha value is -2.74. The van der Waals surface area contributed by atoms with Crippen LogP contribution < -0.4 is 5.32 Å². The van der Waals surface area contributed by atoms with Gasteiger partial charge in [0.2, 0.25) is 5.91 Å². The van der Waals surface area contributed by atoms with Crippen molar-refractivity contribution in [1.82, 2.24) is 10.2 Å². The van der Waals surface area contributed by atoms with Crippen LogP contribution in [-0.4, -0.2) is 60.3 Å². The van der Waals surface area contributed by atoms with Gasteiger partial charge < -0.3 is 24.8 Å². The third kappa shape index (κ3) is 13.2. The summed E-state index contributed by atoms with van der Waals surface area (Å²) in [6.07, 6.45) is 36.3. The molecule has 0 aromatic heterocycles. The van der Waals surface area contributed by atoms with E-state index < -0.39 is 5.97 Å². The minimum absolute atomic E-state index is 0.331. The van der Waals surface area contributed by atoms with E-state index in [4.69, 9.17) is 9.47 Å². The molecule has 10 fully saturated rings. The van der Waals surface area contributed by atoms with Gasteiger partial charge in [0.25, 0.3) is 0 Å². The number of fused-ring (bicyclic) bond motifs is 10. The van der Waals surface area contributed by atoms with Gasteiger partial charge in [-0.1, -0.05) is 109 Å². The molecule has 7 nitrogen and oxygen atoms in total. The number of carbonyl (C=O) groups is 2. The van der Waals surface area contributed by atoms with Crippen molar-refractivity contribution in [2.75, 3.05) is 26.2 Å². The summed E-state index contributed by atoms with van der Waals surface area (Å²) in [7, 11) is 0. The first-order valence-corrected chi connectivity index (χ1v) is 33.7. The molecular weight excluding hydrogens is 973 g/mol. The molecule has 18 atom stereocenters. The molecule has 2 aromatic rings. The molecule has 8 saturated carbocycles. The van der Waals surface area contributed by atoms with E-state index in [0.717, 1.165) is 98.8 Å². The van der Waals surface area contributed by atoms with Gasteiger partial charge in [-0.2, -0.15) is 0 Å². The normalized spacial score (nSPS) is 40.2. The second-order valence-corrected chi connectivity index (χ2v) is 29.8. The van der Waals surface area contributed by atoms with Gasteiger partial charge in [-0.25, -0.2) is 0 Å². The Morgan fingerprint density at radius 3 is 1.39 bits per heavy atom. The van der Waals surface area contributed by atoms with E-state index >= 15 is 0 Å². The molecule has 7 heteroatoms. The Morgan fingerprint density at radius 2 is 0.962 bits per heavy atom. The van der Waals surface area contributed by atoms with Crippen LogP contribution in [0, 0.1) is 92.7 Å². The molecule has 2 saturated heterocycles. The molecule has 2 N–H and O–H groups in total. The standard InChI is InChI=1S/C36H55NO2.C31H46O3.C5H11N/c1-26(12-17-34(38)37-22-8-5-9-23-37)31-15-16-32-30-14-13-28-24-29(39-25-27-10-6-4-7-11-27)18-20-35(28,2)33(30)19-21-36(31,32)3;1-21(9-14-29(32)33)26-12-13-27-25-11-10-23-19-24(34-20-22-7-5-4-6-8-22)15-17-30(23,2)28(25)16-18-31(26,27)3;1-2-4-6-5-3-1/h4,6-7,10-11,26,28-33H,5,8-9,12-25H2,1-3H3;4-8,21,23-28H,9-20H2,1-3H3,(H,32,33);6H,1-5H2/t26-,28-,29-,30+,31-,32+,33+,35+,36-;21-,23-,24-,25+,26-,27+,28+,30+,31-;/m11./s1. The molecule has 0 unspecified atom stereocenters. The van der Waals surface area contributed by atoms with Gasteiger partial charge in [0, 0.05) is 25.9 Å². The highest BCUT2D eigenvalue weighted by molar-refractivity contribution is 5.76. The molecule has 10 aliphatic rings. The first-order chi connectivity index (χ1) is 38.2. The number of carboxylic acid groups (broad SMARTS) is 1. The first kappa shape index (κ1) is 59.4. The predicted molar refractivity (Wildman–Crippen MR) is 322 cm³/mol. The molecule has 1 amide bonds. The van der Waals surface area contributed by atoms with E-state index in [9.17, 15) is 14.7 Å². The summed E-state index contributed by atoms with van der Waals surface area (Å²) >= 11 is 0. The van der Waals surface area contributed by atoms with E-state index in [1.807, 2.05) is 0 Å². The van der Waals surface area contributed by atoms with Crippen LogP contribution in [0.1, 0.15) is 232 Å². The third-order valence-corrected chi connectivity index (χ3v) is 26.0. The van der Waals surface area contributed by atoms with E-state index in [0.29, 0.717) is 63.9 Å². The molecule has 0 bridgehead atoms. The van der Waals surface area contributed by atoms with E-state index in [1.165, 1.54) is 178 Å². The lowest BCUT2D eigenvalue weighted by Gasteiger charge is -2.61.